The number of oxime groups is 1. The molecule has 2 aromatic carbocycles. The van der Waals surface area contributed by atoms with Crippen LogP contribution in [0, 0.1) is 0 Å². The third-order valence-corrected chi connectivity index (χ3v) is 4.39. The number of hydrogen-bond donors (Lipinski definition) is 0. The van der Waals surface area contributed by atoms with Crippen molar-refractivity contribution in [2.75, 3.05) is 0 Å². The van der Waals surface area contributed by atoms with Gasteiger partial charge in [0.1, 0.15) is 4.90 Å². The molecule has 0 saturated heterocycles. The molecule has 1 N–H and O–H groups in total. The lowest BCUT2D eigenvalue weighted by Crippen LogP contribution is -2.18. The van der Waals surface area contributed by atoms with Crippen LogP contribution < -0.4 is 4.98 Å². The summed E-state index contributed by atoms with van der Waals surface area (Å²) in [4.78, 5) is 3.09. The topological polar surface area (TPSA) is 69.9 Å². The van der Waals surface area contributed by atoms with Crippen LogP contribution in [-0.2, 0) is 14.4 Å². The molecule has 1 aromatic heterocycles. The zero-order valence-corrected chi connectivity index (χ0v) is 13.5. The second-order valence-electron chi connectivity index (χ2n) is 4.92. The zero-order valence-electron chi connectivity index (χ0n) is 12.7. The molecule has 0 aliphatic rings. The number of nitrogens with zero attached hydrogens (tertiary/aromatic N) is 1. The number of benzene rings is 2. The van der Waals surface area contributed by atoms with Crippen molar-refractivity contribution in [3.05, 3.63) is 96.3 Å². The van der Waals surface area contributed by atoms with Crippen molar-refractivity contribution in [1.29, 1.82) is 0 Å². The Bertz CT molecular complexity index is 884. The van der Waals surface area contributed by atoms with Crippen molar-refractivity contribution in [1.82, 2.24) is 0 Å². The first-order valence-corrected chi connectivity index (χ1v) is 8.67. The SMILES string of the molecule is O=S(=O)(O/N=C(\c1ccccc1)c1cccc[nH+]1)c1ccccc1. The first-order valence-electron chi connectivity index (χ1n) is 7.26. The Morgan fingerprint density at radius 2 is 1.46 bits per heavy atom. The Hall–Kier alpha value is -2.99. The van der Waals surface area contributed by atoms with Gasteiger partial charge in [0.25, 0.3) is 0 Å². The number of rotatable bonds is 5. The molecular formula is C18H15N2O3S+. The van der Waals surface area contributed by atoms with E-state index in [1.165, 1.54) is 12.1 Å². The summed E-state index contributed by atoms with van der Waals surface area (Å²) in [6, 6.07) is 22.6. The van der Waals surface area contributed by atoms with Crippen LogP contribution in [0.2, 0.25) is 0 Å². The first kappa shape index (κ1) is 15.9. The summed E-state index contributed by atoms with van der Waals surface area (Å²) in [7, 11) is -3.97. The standard InChI is InChI=1S/C18H14N2O3S/c21-24(22,16-11-5-2-6-12-16)23-20-18(15-9-3-1-4-10-15)17-13-7-8-14-19-17/h1-14H/p+1/b20-18+. The van der Waals surface area contributed by atoms with Gasteiger partial charge in [-0.05, 0) is 18.2 Å². The highest BCUT2D eigenvalue weighted by molar-refractivity contribution is 7.86. The van der Waals surface area contributed by atoms with Crippen LogP contribution in [0.15, 0.2) is 95.1 Å². The van der Waals surface area contributed by atoms with Gasteiger partial charge in [0.2, 0.25) is 5.69 Å². The zero-order chi connectivity index (χ0) is 16.8. The third kappa shape index (κ3) is 3.67. The molecule has 1 heterocycles. The highest BCUT2D eigenvalue weighted by Crippen LogP contribution is 2.14. The van der Waals surface area contributed by atoms with Crippen molar-refractivity contribution in [3.8, 4) is 0 Å². The molecule has 0 bridgehead atoms. The van der Waals surface area contributed by atoms with Crippen LogP contribution in [0.5, 0.6) is 0 Å². The fraction of sp³-hybridized carbons (Fsp3) is 0. The summed E-state index contributed by atoms with van der Waals surface area (Å²) in [6.45, 7) is 0. The number of nitrogens with one attached hydrogen (secondary N) is 1. The number of aromatic nitrogens is 1. The van der Waals surface area contributed by atoms with Gasteiger partial charge >= 0.3 is 10.1 Å². The molecule has 0 radical (unpaired) electrons. The number of aromatic amines is 1. The molecule has 120 valence electrons. The van der Waals surface area contributed by atoms with Crippen LogP contribution in [0.4, 0.5) is 0 Å². The quantitative estimate of drug-likeness (QED) is 0.530. The Labute approximate surface area is 140 Å². The van der Waals surface area contributed by atoms with E-state index in [0.29, 0.717) is 11.4 Å². The summed E-state index contributed by atoms with van der Waals surface area (Å²) in [5, 5.41) is 3.91. The molecule has 0 aliphatic heterocycles. The highest BCUT2D eigenvalue weighted by atomic mass is 32.2. The van der Waals surface area contributed by atoms with E-state index in [0.717, 1.165) is 5.56 Å². The van der Waals surface area contributed by atoms with Gasteiger partial charge < -0.3 is 0 Å². The van der Waals surface area contributed by atoms with E-state index in [1.807, 2.05) is 42.5 Å². The Morgan fingerprint density at radius 1 is 0.833 bits per heavy atom. The highest BCUT2D eigenvalue weighted by Gasteiger charge is 2.19. The van der Waals surface area contributed by atoms with Crippen LogP contribution in [0.1, 0.15) is 11.3 Å². The van der Waals surface area contributed by atoms with Crippen LogP contribution >= 0.6 is 0 Å². The van der Waals surface area contributed by atoms with Gasteiger partial charge in [-0.3, -0.25) is 4.28 Å². The van der Waals surface area contributed by atoms with Crippen molar-refractivity contribution >= 4 is 15.8 Å². The van der Waals surface area contributed by atoms with E-state index in [4.69, 9.17) is 4.28 Å². The van der Waals surface area contributed by atoms with E-state index < -0.39 is 10.1 Å². The molecule has 0 fully saturated rings. The van der Waals surface area contributed by atoms with E-state index in [-0.39, 0.29) is 4.90 Å². The fourth-order valence-corrected chi connectivity index (χ4v) is 2.86. The van der Waals surface area contributed by atoms with Gasteiger partial charge in [0, 0.05) is 17.7 Å². The summed E-state index contributed by atoms with van der Waals surface area (Å²) >= 11 is 0. The maximum absolute atomic E-state index is 12.3. The molecule has 0 aliphatic carbocycles. The molecule has 0 amide bonds. The normalized spacial score (nSPS) is 11.9. The van der Waals surface area contributed by atoms with Gasteiger partial charge in [-0.2, -0.15) is 8.42 Å². The van der Waals surface area contributed by atoms with Gasteiger partial charge in [-0.15, -0.1) is 0 Å². The second-order valence-corrected chi connectivity index (χ2v) is 6.45. The molecule has 3 rings (SSSR count). The number of hydrogen-bond acceptors (Lipinski definition) is 4. The van der Waals surface area contributed by atoms with Gasteiger partial charge in [-0.25, -0.2) is 4.98 Å². The molecule has 24 heavy (non-hydrogen) atoms. The van der Waals surface area contributed by atoms with E-state index in [2.05, 4.69) is 10.1 Å². The maximum atomic E-state index is 12.3. The molecule has 0 atom stereocenters. The molecule has 0 unspecified atom stereocenters. The summed E-state index contributed by atoms with van der Waals surface area (Å²) in [5.74, 6) is 0. The molecule has 6 heteroatoms. The predicted octanol–water partition coefficient (Wildman–Crippen LogP) is 2.66. The largest absolute Gasteiger partial charge is 0.358 e. The van der Waals surface area contributed by atoms with Crippen molar-refractivity contribution in [2.45, 2.75) is 4.90 Å². The molecule has 3 aromatic rings. The molecule has 0 spiro atoms. The number of pyridine rings is 1. The lowest BCUT2D eigenvalue weighted by atomic mass is 10.1. The van der Waals surface area contributed by atoms with Crippen molar-refractivity contribution < 1.29 is 17.7 Å². The van der Waals surface area contributed by atoms with Crippen molar-refractivity contribution in [2.24, 2.45) is 5.16 Å². The van der Waals surface area contributed by atoms with Gasteiger partial charge in [0.15, 0.2) is 11.9 Å². The lowest BCUT2D eigenvalue weighted by molar-refractivity contribution is -0.380. The summed E-state index contributed by atoms with van der Waals surface area (Å²) in [6.07, 6.45) is 1.74. The van der Waals surface area contributed by atoms with E-state index >= 15 is 0 Å². The molecular weight excluding hydrogens is 324 g/mol. The molecule has 0 saturated carbocycles. The first-order chi connectivity index (χ1) is 11.7. The smallest absolute Gasteiger partial charge is 0.264 e. The molecule has 5 nitrogen and oxygen atoms in total. The summed E-state index contributed by atoms with van der Waals surface area (Å²) in [5.41, 5.74) is 1.78. The Balaban J connectivity index is 1.99. The second kappa shape index (κ2) is 7.06. The van der Waals surface area contributed by atoms with Crippen LogP contribution in [-0.4, -0.2) is 14.1 Å². The minimum absolute atomic E-state index is 0.0539. The van der Waals surface area contributed by atoms with Crippen molar-refractivity contribution in [3.63, 3.8) is 0 Å². The monoisotopic (exact) mass is 339 g/mol. The average Bonchev–Trinajstić information content (AvgIpc) is 2.64. The minimum Gasteiger partial charge on any atom is -0.264 e. The minimum atomic E-state index is -3.97. The maximum Gasteiger partial charge on any atom is 0.358 e. The van der Waals surface area contributed by atoms with Gasteiger partial charge in [-0.1, -0.05) is 53.7 Å². The third-order valence-electron chi connectivity index (χ3n) is 3.27. The summed E-state index contributed by atoms with van der Waals surface area (Å²) < 4.78 is 29.4. The lowest BCUT2D eigenvalue weighted by Gasteiger charge is -2.04. The number of H-pyrrole nitrogens is 1. The predicted molar refractivity (Wildman–Crippen MR) is 89.8 cm³/mol. The average molecular weight is 339 g/mol. The van der Waals surface area contributed by atoms with Gasteiger partial charge in [0.05, 0.1) is 0 Å². The Kier molecular flexibility index (Phi) is 4.67. The van der Waals surface area contributed by atoms with E-state index in [9.17, 15) is 8.42 Å². The van der Waals surface area contributed by atoms with Crippen LogP contribution in [0.3, 0.4) is 0 Å². The van der Waals surface area contributed by atoms with Crippen LogP contribution in [0.25, 0.3) is 0 Å². The fourth-order valence-electron chi connectivity index (χ4n) is 2.11. The Morgan fingerprint density at radius 3 is 2.08 bits per heavy atom. The van der Waals surface area contributed by atoms with E-state index in [1.54, 1.807) is 30.5 Å².